The summed E-state index contributed by atoms with van der Waals surface area (Å²) in [5.74, 6) is -5.06. The minimum absolute atomic E-state index is 0.167. The summed E-state index contributed by atoms with van der Waals surface area (Å²) in [6.45, 7) is 10.7. The number of rotatable bonds is 0. The lowest BCUT2D eigenvalue weighted by molar-refractivity contribution is -0.273. The van der Waals surface area contributed by atoms with E-state index in [1.54, 1.807) is 0 Å². The SMILES string of the molecule is C=O.CC(=O)O.CC(C)=O.CC(C)=O.CC(Cl)(Cl)Cl.CC(F)(F)C(F)(F)F.CC(F)(F)F. The molecule has 0 fully saturated rings. The molecular weight excluding hydrogens is 531 g/mol. The van der Waals surface area contributed by atoms with E-state index in [4.69, 9.17) is 49.5 Å². The van der Waals surface area contributed by atoms with Gasteiger partial charge < -0.3 is 19.5 Å². The molecule has 0 saturated carbocycles. The lowest BCUT2D eigenvalue weighted by atomic mass is 10.4. The molecule has 0 aromatic rings. The molecule has 32 heavy (non-hydrogen) atoms. The predicted molar refractivity (Wildman–Crippen MR) is 108 cm³/mol. The van der Waals surface area contributed by atoms with Crippen molar-refractivity contribution in [1.29, 1.82) is 0 Å². The summed E-state index contributed by atoms with van der Waals surface area (Å²) in [7, 11) is 0. The van der Waals surface area contributed by atoms with E-state index in [1.165, 1.54) is 34.6 Å². The summed E-state index contributed by atoms with van der Waals surface area (Å²) in [6.07, 6.45) is -9.40. The molecule has 0 aliphatic carbocycles. The molecule has 0 bridgehead atoms. The van der Waals surface area contributed by atoms with Crippen molar-refractivity contribution in [2.24, 2.45) is 0 Å². The van der Waals surface area contributed by atoms with Crippen LogP contribution < -0.4 is 0 Å². The predicted octanol–water partition coefficient (Wildman–Crippen LogP) is 7.25. The van der Waals surface area contributed by atoms with E-state index in [9.17, 15) is 44.7 Å². The zero-order valence-corrected chi connectivity index (χ0v) is 20.7. The average molecular weight is 558 g/mol. The summed E-state index contributed by atoms with van der Waals surface area (Å²) in [5, 5.41) is 7.42. The van der Waals surface area contributed by atoms with Crippen molar-refractivity contribution in [2.45, 2.75) is 77.5 Å². The van der Waals surface area contributed by atoms with Gasteiger partial charge in [0, 0.05) is 20.8 Å². The van der Waals surface area contributed by atoms with Gasteiger partial charge in [0.15, 0.2) is 3.79 Å². The number of carbonyl (C=O) groups excluding carboxylic acids is 3. The summed E-state index contributed by atoms with van der Waals surface area (Å²) < 4.78 is 84.6. The minimum Gasteiger partial charge on any atom is -0.481 e. The number of hydrogen-bond donors (Lipinski definition) is 1. The fraction of sp³-hybridized carbons (Fsp3) is 0.750. The van der Waals surface area contributed by atoms with Gasteiger partial charge in [-0.1, -0.05) is 34.8 Å². The Balaban J connectivity index is -0.0000000471. The molecule has 0 spiro atoms. The molecular formula is C16H27Cl3F8O5. The first-order valence-electron chi connectivity index (χ1n) is 7.45. The molecule has 16 heteroatoms. The van der Waals surface area contributed by atoms with Gasteiger partial charge in [-0.3, -0.25) is 4.79 Å². The summed E-state index contributed by atoms with van der Waals surface area (Å²) in [6, 6.07) is 0. The van der Waals surface area contributed by atoms with E-state index < -0.39 is 28.0 Å². The number of ketones is 2. The normalized spacial score (nSPS) is 9.84. The molecule has 0 atom stereocenters. The van der Waals surface area contributed by atoms with Crippen LogP contribution in [0.3, 0.4) is 0 Å². The Labute approximate surface area is 196 Å². The second-order valence-corrected chi connectivity index (χ2v) is 8.13. The van der Waals surface area contributed by atoms with Crippen molar-refractivity contribution in [3.63, 3.8) is 0 Å². The molecule has 0 unspecified atom stereocenters. The number of halogens is 11. The zero-order chi connectivity index (χ0) is 28.7. The maximum absolute atomic E-state index is 11.1. The molecule has 0 rings (SSSR count). The third-order valence-electron chi connectivity index (χ3n) is 0.498. The molecule has 198 valence electrons. The van der Waals surface area contributed by atoms with Crippen molar-refractivity contribution in [1.82, 2.24) is 0 Å². The van der Waals surface area contributed by atoms with Gasteiger partial charge in [-0.05, 0) is 34.6 Å². The fourth-order valence-electron chi connectivity index (χ4n) is 0. The lowest BCUT2D eigenvalue weighted by Gasteiger charge is -2.12. The number of carbonyl (C=O) groups is 4. The van der Waals surface area contributed by atoms with Crippen molar-refractivity contribution >= 4 is 59.1 Å². The number of carboxylic acid groups (broad SMARTS) is 1. The Hall–Kier alpha value is -1.21. The molecule has 1 N–H and O–H groups in total. The average Bonchev–Trinajstić information content (AvgIpc) is 2.31. The van der Waals surface area contributed by atoms with E-state index in [-0.39, 0.29) is 25.4 Å². The highest BCUT2D eigenvalue weighted by Crippen LogP contribution is 2.34. The fourth-order valence-corrected chi connectivity index (χ4v) is 0. The molecule has 0 aliphatic rings. The zero-order valence-electron chi connectivity index (χ0n) is 18.4. The smallest absolute Gasteiger partial charge is 0.452 e. The first-order chi connectivity index (χ1) is 13.4. The Morgan fingerprint density at radius 2 is 0.688 bits per heavy atom. The second-order valence-electron chi connectivity index (χ2n) is 5.28. The number of carboxylic acids is 1. The van der Waals surface area contributed by atoms with Crippen molar-refractivity contribution in [3.05, 3.63) is 0 Å². The number of Topliss-reactive ketones (excluding diaryl/α,β-unsaturated/α-hetero) is 2. The van der Waals surface area contributed by atoms with Crippen molar-refractivity contribution in [2.75, 3.05) is 0 Å². The monoisotopic (exact) mass is 556 g/mol. The van der Waals surface area contributed by atoms with E-state index in [0.717, 1.165) is 6.92 Å². The highest BCUT2D eigenvalue weighted by atomic mass is 35.6. The van der Waals surface area contributed by atoms with Crippen LogP contribution in [0.15, 0.2) is 0 Å². The van der Waals surface area contributed by atoms with Gasteiger partial charge in [-0.2, -0.15) is 35.1 Å². The van der Waals surface area contributed by atoms with E-state index >= 15 is 0 Å². The van der Waals surface area contributed by atoms with Crippen LogP contribution in [0.1, 0.15) is 55.4 Å². The largest absolute Gasteiger partial charge is 0.481 e. The Morgan fingerprint density at radius 3 is 0.688 bits per heavy atom. The first kappa shape index (κ1) is 48.3. The summed E-state index contributed by atoms with van der Waals surface area (Å²) >= 11 is 15.2. The van der Waals surface area contributed by atoms with Gasteiger partial charge in [-0.25, -0.2) is 0 Å². The van der Waals surface area contributed by atoms with Gasteiger partial charge in [0.05, 0.1) is 0 Å². The van der Waals surface area contributed by atoms with Crippen molar-refractivity contribution < 1.29 is 59.4 Å². The summed E-state index contributed by atoms with van der Waals surface area (Å²) in [5.41, 5.74) is 0. The molecule has 0 heterocycles. The minimum atomic E-state index is -5.40. The van der Waals surface area contributed by atoms with Gasteiger partial charge in [0.25, 0.3) is 5.97 Å². The van der Waals surface area contributed by atoms with Gasteiger partial charge in [0.2, 0.25) is 0 Å². The summed E-state index contributed by atoms with van der Waals surface area (Å²) in [4.78, 5) is 35.9. The molecule has 0 saturated heterocycles. The van der Waals surface area contributed by atoms with E-state index in [1.807, 2.05) is 6.79 Å². The van der Waals surface area contributed by atoms with Crippen LogP contribution in [-0.4, -0.2) is 51.5 Å². The number of hydrogen-bond acceptors (Lipinski definition) is 4. The Kier molecular flexibility index (Phi) is 36.9. The van der Waals surface area contributed by atoms with Crippen LogP contribution in [0.2, 0.25) is 0 Å². The van der Waals surface area contributed by atoms with Crippen LogP contribution in [0, 0.1) is 0 Å². The quantitative estimate of drug-likeness (QED) is 0.250. The maximum Gasteiger partial charge on any atom is 0.452 e. The third-order valence-corrected chi connectivity index (χ3v) is 0.498. The van der Waals surface area contributed by atoms with Gasteiger partial charge in [-0.15, -0.1) is 0 Å². The van der Waals surface area contributed by atoms with Crippen LogP contribution in [0.5, 0.6) is 0 Å². The van der Waals surface area contributed by atoms with Gasteiger partial charge >= 0.3 is 18.3 Å². The topological polar surface area (TPSA) is 88.5 Å². The van der Waals surface area contributed by atoms with Crippen LogP contribution in [-0.2, 0) is 19.2 Å². The number of alkyl halides is 11. The third kappa shape index (κ3) is 366. The molecule has 0 aromatic heterocycles. The lowest BCUT2D eigenvalue weighted by Crippen LogP contribution is -2.32. The first-order valence-corrected chi connectivity index (χ1v) is 8.59. The van der Waals surface area contributed by atoms with Crippen LogP contribution in [0.4, 0.5) is 35.1 Å². The highest BCUT2D eigenvalue weighted by molar-refractivity contribution is 6.67. The van der Waals surface area contributed by atoms with E-state index in [0.29, 0.717) is 0 Å². The molecule has 0 aliphatic heterocycles. The molecule has 0 amide bonds. The maximum atomic E-state index is 11.1. The number of aliphatic carboxylic acids is 1. The highest BCUT2D eigenvalue weighted by Gasteiger charge is 2.53. The van der Waals surface area contributed by atoms with E-state index in [2.05, 4.69) is 0 Å². The Morgan fingerprint density at radius 1 is 0.656 bits per heavy atom. The van der Waals surface area contributed by atoms with Crippen LogP contribution >= 0.6 is 34.8 Å². The van der Waals surface area contributed by atoms with Crippen LogP contribution in [0.25, 0.3) is 0 Å². The van der Waals surface area contributed by atoms with Crippen molar-refractivity contribution in [3.8, 4) is 0 Å². The van der Waals surface area contributed by atoms with Gasteiger partial charge in [0.1, 0.15) is 18.4 Å². The molecule has 0 aromatic carbocycles. The second kappa shape index (κ2) is 24.4. The molecule has 0 radical (unpaired) electrons. The molecule has 5 nitrogen and oxygen atoms in total. The standard InChI is InChI=1S/C3H3F5.2C3H6O.C2H3Cl3.C2H3F3.C2H4O2.CH2O/c1-2(4,5)3(6,7)8;2*1-3(2)4;2*1-2(3,4)5;1-2(3)4;1-2/h1H3;2*1-2H3;2*1H3;1H3,(H,3,4);1H2. The Bertz CT molecular complexity index is 396.